The summed E-state index contributed by atoms with van der Waals surface area (Å²) in [7, 11) is 0. The van der Waals surface area contributed by atoms with E-state index in [2.05, 4.69) is 13.5 Å². The summed E-state index contributed by atoms with van der Waals surface area (Å²) in [6.07, 6.45) is 5.93. The van der Waals surface area contributed by atoms with E-state index in [1.54, 1.807) is 18.2 Å². The molecule has 114 valence electrons. The van der Waals surface area contributed by atoms with E-state index in [1.165, 1.54) is 16.7 Å². The molecule has 0 saturated carbocycles. The maximum atomic E-state index is 9.72. The van der Waals surface area contributed by atoms with Crippen molar-refractivity contribution in [2.24, 2.45) is 0 Å². The summed E-state index contributed by atoms with van der Waals surface area (Å²) < 4.78 is 0. The summed E-state index contributed by atoms with van der Waals surface area (Å²) in [5.41, 5.74) is 4.81. The van der Waals surface area contributed by atoms with Crippen molar-refractivity contribution in [3.63, 3.8) is 0 Å². The highest BCUT2D eigenvalue weighted by atomic mass is 16.3. The third-order valence-electron chi connectivity index (χ3n) is 4.85. The van der Waals surface area contributed by atoms with E-state index in [4.69, 9.17) is 0 Å². The molecule has 1 atom stereocenters. The van der Waals surface area contributed by atoms with Crippen LogP contribution in [-0.4, -0.2) is 10.2 Å². The van der Waals surface area contributed by atoms with Crippen LogP contribution in [0.5, 0.6) is 11.5 Å². The molecule has 2 N–H and O–H groups in total. The molecule has 0 amide bonds. The third kappa shape index (κ3) is 2.61. The van der Waals surface area contributed by atoms with E-state index in [9.17, 15) is 10.2 Å². The molecule has 0 radical (unpaired) electrons. The Balaban J connectivity index is 2.06. The van der Waals surface area contributed by atoms with Gasteiger partial charge in [0, 0.05) is 0 Å². The van der Waals surface area contributed by atoms with Crippen LogP contribution in [0, 0.1) is 0 Å². The van der Waals surface area contributed by atoms with Gasteiger partial charge in [-0.3, -0.25) is 0 Å². The molecule has 3 rings (SSSR count). The van der Waals surface area contributed by atoms with Crippen molar-refractivity contribution in [3.05, 3.63) is 65.2 Å². The number of rotatable bonds is 2. The predicted molar refractivity (Wildman–Crippen MR) is 90.3 cm³/mol. The molecule has 1 aliphatic carbocycles. The summed E-state index contributed by atoms with van der Waals surface area (Å²) in [6.45, 7) is 6.18. The van der Waals surface area contributed by atoms with Gasteiger partial charge in [0.1, 0.15) is 11.5 Å². The molecular formula is C20H22O2. The zero-order valence-corrected chi connectivity index (χ0v) is 13.0. The zero-order valence-electron chi connectivity index (χ0n) is 13.0. The van der Waals surface area contributed by atoms with Crippen LogP contribution >= 0.6 is 0 Å². The van der Waals surface area contributed by atoms with E-state index in [0.717, 1.165) is 31.2 Å². The van der Waals surface area contributed by atoms with Gasteiger partial charge in [-0.05, 0) is 77.6 Å². The van der Waals surface area contributed by atoms with Crippen molar-refractivity contribution in [3.8, 4) is 11.5 Å². The van der Waals surface area contributed by atoms with Gasteiger partial charge in [-0.15, -0.1) is 0 Å². The highest BCUT2D eigenvalue weighted by molar-refractivity contribution is 5.57. The van der Waals surface area contributed by atoms with E-state index < -0.39 is 0 Å². The molecular weight excluding hydrogens is 272 g/mol. The number of fused-ring (bicyclic) bond motifs is 1. The van der Waals surface area contributed by atoms with E-state index in [0.29, 0.717) is 5.75 Å². The molecule has 22 heavy (non-hydrogen) atoms. The molecule has 2 heteroatoms. The van der Waals surface area contributed by atoms with Gasteiger partial charge in [-0.1, -0.05) is 31.7 Å². The Morgan fingerprint density at radius 1 is 1.05 bits per heavy atom. The Bertz CT molecular complexity index is 718. The molecule has 0 saturated heterocycles. The first-order valence-corrected chi connectivity index (χ1v) is 7.78. The third-order valence-corrected chi connectivity index (χ3v) is 4.85. The number of phenols is 2. The number of benzene rings is 2. The molecule has 0 heterocycles. The lowest BCUT2D eigenvalue weighted by Crippen LogP contribution is -2.25. The quantitative estimate of drug-likeness (QED) is 0.796. The number of aromatic hydroxyl groups is 2. The van der Waals surface area contributed by atoms with Crippen LogP contribution in [0.2, 0.25) is 0 Å². The molecule has 0 bridgehead atoms. The summed E-state index contributed by atoms with van der Waals surface area (Å²) >= 11 is 0. The number of aryl methyl sites for hydroxylation is 1. The molecule has 1 unspecified atom stereocenters. The number of hydrogen-bond donors (Lipinski definition) is 2. The first-order chi connectivity index (χ1) is 10.5. The lowest BCUT2D eigenvalue weighted by molar-refractivity contribution is 0.426. The minimum atomic E-state index is 0.0133. The Morgan fingerprint density at radius 2 is 1.77 bits per heavy atom. The van der Waals surface area contributed by atoms with Gasteiger partial charge in [0.05, 0.1) is 0 Å². The van der Waals surface area contributed by atoms with E-state index >= 15 is 0 Å². The lowest BCUT2D eigenvalue weighted by Gasteiger charge is -2.31. The first-order valence-electron chi connectivity index (χ1n) is 7.78. The molecule has 2 aromatic carbocycles. The Kier molecular flexibility index (Phi) is 3.69. The predicted octanol–water partition coefficient (Wildman–Crippen LogP) is 4.58. The van der Waals surface area contributed by atoms with Crippen molar-refractivity contribution in [2.45, 2.75) is 38.0 Å². The summed E-state index contributed by atoms with van der Waals surface area (Å²) in [5, 5.41) is 19.4. The van der Waals surface area contributed by atoms with Crippen molar-refractivity contribution in [2.75, 3.05) is 0 Å². The van der Waals surface area contributed by atoms with Crippen molar-refractivity contribution >= 4 is 6.08 Å². The normalized spacial score (nSPS) is 21.0. The standard InChI is InChI=1S/C20H22O2/c1-3-14-11-18(22)8-9-19(14)20(2)10-4-5-15-12-17(21)7-6-16(15)13-20/h3,6-9,11-12,21-22H,1,4-5,10,13H2,2H3. The monoisotopic (exact) mass is 294 g/mol. The summed E-state index contributed by atoms with van der Waals surface area (Å²) in [4.78, 5) is 0. The second kappa shape index (κ2) is 5.53. The van der Waals surface area contributed by atoms with E-state index in [-0.39, 0.29) is 11.2 Å². The maximum Gasteiger partial charge on any atom is 0.116 e. The van der Waals surface area contributed by atoms with Crippen molar-refractivity contribution in [1.29, 1.82) is 0 Å². The van der Waals surface area contributed by atoms with E-state index in [1.807, 2.05) is 24.3 Å². The van der Waals surface area contributed by atoms with Gasteiger partial charge >= 0.3 is 0 Å². The van der Waals surface area contributed by atoms with Crippen molar-refractivity contribution in [1.82, 2.24) is 0 Å². The van der Waals surface area contributed by atoms with Gasteiger partial charge in [0.2, 0.25) is 0 Å². The Hall–Kier alpha value is -2.22. The maximum absolute atomic E-state index is 9.72. The van der Waals surface area contributed by atoms with Crippen molar-refractivity contribution < 1.29 is 10.2 Å². The van der Waals surface area contributed by atoms with Gasteiger partial charge in [0.15, 0.2) is 0 Å². The fourth-order valence-electron chi connectivity index (χ4n) is 3.69. The van der Waals surface area contributed by atoms with Crippen LogP contribution in [0.4, 0.5) is 0 Å². The SMILES string of the molecule is C=Cc1cc(O)ccc1C1(C)CCCc2cc(O)ccc2C1. The lowest BCUT2D eigenvalue weighted by atomic mass is 9.73. The molecule has 2 nitrogen and oxygen atoms in total. The second-order valence-corrected chi connectivity index (χ2v) is 6.52. The number of hydrogen-bond acceptors (Lipinski definition) is 2. The molecule has 0 spiro atoms. The average Bonchev–Trinajstić information content (AvgIpc) is 2.65. The molecule has 0 aliphatic heterocycles. The topological polar surface area (TPSA) is 40.5 Å². The zero-order chi connectivity index (χ0) is 15.7. The smallest absolute Gasteiger partial charge is 0.116 e. The Morgan fingerprint density at radius 3 is 2.55 bits per heavy atom. The molecule has 1 aliphatic rings. The van der Waals surface area contributed by atoms with Gasteiger partial charge in [-0.2, -0.15) is 0 Å². The highest BCUT2D eigenvalue weighted by Crippen LogP contribution is 2.40. The summed E-state index contributed by atoms with van der Waals surface area (Å²) in [5.74, 6) is 0.625. The van der Waals surface area contributed by atoms with Crippen LogP contribution in [-0.2, 0) is 18.3 Å². The first kappa shape index (κ1) is 14.7. The number of phenolic OH excluding ortho intramolecular Hbond substituents is 2. The summed E-state index contributed by atoms with van der Waals surface area (Å²) in [6, 6.07) is 11.3. The van der Waals surface area contributed by atoms with Gasteiger partial charge in [-0.25, -0.2) is 0 Å². The molecule has 2 aromatic rings. The fourth-order valence-corrected chi connectivity index (χ4v) is 3.69. The van der Waals surface area contributed by atoms with Gasteiger partial charge in [0.25, 0.3) is 0 Å². The average molecular weight is 294 g/mol. The minimum Gasteiger partial charge on any atom is -0.508 e. The van der Waals surface area contributed by atoms with Crippen LogP contribution in [0.1, 0.15) is 42.0 Å². The van der Waals surface area contributed by atoms with Gasteiger partial charge < -0.3 is 10.2 Å². The van der Waals surface area contributed by atoms with Crippen LogP contribution < -0.4 is 0 Å². The minimum absolute atomic E-state index is 0.0133. The fraction of sp³-hybridized carbons (Fsp3) is 0.300. The molecule has 0 aromatic heterocycles. The second-order valence-electron chi connectivity index (χ2n) is 6.52. The van der Waals surface area contributed by atoms with Crippen LogP contribution in [0.15, 0.2) is 43.0 Å². The van der Waals surface area contributed by atoms with Crippen LogP contribution in [0.25, 0.3) is 6.08 Å². The van der Waals surface area contributed by atoms with Crippen LogP contribution in [0.3, 0.4) is 0 Å². The highest BCUT2D eigenvalue weighted by Gasteiger charge is 2.31. The largest absolute Gasteiger partial charge is 0.508 e. The Labute approximate surface area is 131 Å². The molecule has 0 fully saturated rings.